The first-order chi connectivity index (χ1) is 15.2. The fraction of sp³-hybridized carbons (Fsp3) is 0.280. The second-order valence-corrected chi connectivity index (χ2v) is 9.12. The van der Waals surface area contributed by atoms with Crippen LogP contribution in [0.15, 0.2) is 70.2 Å². The molecule has 0 atom stereocenters. The van der Waals surface area contributed by atoms with Crippen LogP contribution in [0.4, 0.5) is 0 Å². The maximum Gasteiger partial charge on any atom is 0.187 e. The first-order valence-electron chi connectivity index (χ1n) is 10.7. The SMILES string of the molecule is S=C(N/N=C\c1c(OCc2cccc(Br)c2)ccc2ccccc12)NC1CCCCC1. The van der Waals surface area contributed by atoms with Crippen molar-refractivity contribution >= 4 is 50.2 Å². The lowest BCUT2D eigenvalue weighted by molar-refractivity contribution is 0.306. The monoisotopic (exact) mass is 495 g/mol. The van der Waals surface area contributed by atoms with E-state index in [0.29, 0.717) is 17.8 Å². The highest BCUT2D eigenvalue weighted by molar-refractivity contribution is 9.10. The minimum absolute atomic E-state index is 0.450. The number of ether oxygens (including phenoxy) is 1. The molecule has 1 fully saturated rings. The molecule has 1 saturated carbocycles. The Bertz CT molecular complexity index is 1080. The second-order valence-electron chi connectivity index (χ2n) is 7.80. The number of nitrogens with one attached hydrogen (secondary N) is 2. The molecule has 0 saturated heterocycles. The first kappa shape index (κ1) is 21.8. The van der Waals surface area contributed by atoms with Crippen LogP contribution in [0.2, 0.25) is 0 Å². The predicted molar refractivity (Wildman–Crippen MR) is 136 cm³/mol. The summed E-state index contributed by atoms with van der Waals surface area (Å²) >= 11 is 8.95. The van der Waals surface area contributed by atoms with Crippen LogP contribution in [-0.4, -0.2) is 17.4 Å². The van der Waals surface area contributed by atoms with Crippen LogP contribution in [0.1, 0.15) is 43.2 Å². The molecule has 0 amide bonds. The molecule has 3 aromatic carbocycles. The van der Waals surface area contributed by atoms with Crippen molar-refractivity contribution in [2.75, 3.05) is 0 Å². The van der Waals surface area contributed by atoms with Gasteiger partial charge in [0.05, 0.1) is 6.21 Å². The van der Waals surface area contributed by atoms with Crippen molar-refractivity contribution in [3.05, 3.63) is 76.3 Å². The smallest absolute Gasteiger partial charge is 0.187 e. The Morgan fingerprint density at radius 3 is 2.74 bits per heavy atom. The largest absolute Gasteiger partial charge is 0.488 e. The lowest BCUT2D eigenvalue weighted by Crippen LogP contribution is -2.40. The summed E-state index contributed by atoms with van der Waals surface area (Å²) in [5.74, 6) is 0.787. The van der Waals surface area contributed by atoms with E-state index >= 15 is 0 Å². The van der Waals surface area contributed by atoms with Crippen LogP contribution >= 0.6 is 28.1 Å². The Balaban J connectivity index is 1.49. The third-order valence-electron chi connectivity index (χ3n) is 5.51. The second kappa shape index (κ2) is 10.7. The van der Waals surface area contributed by atoms with E-state index < -0.39 is 0 Å². The van der Waals surface area contributed by atoms with Gasteiger partial charge in [0, 0.05) is 16.1 Å². The maximum absolute atomic E-state index is 6.18. The molecule has 0 heterocycles. The van der Waals surface area contributed by atoms with Gasteiger partial charge in [-0.05, 0) is 59.6 Å². The fourth-order valence-corrected chi connectivity index (χ4v) is 4.61. The highest BCUT2D eigenvalue weighted by atomic mass is 79.9. The van der Waals surface area contributed by atoms with Crippen molar-refractivity contribution in [2.24, 2.45) is 5.10 Å². The Morgan fingerprint density at radius 2 is 1.90 bits per heavy atom. The third kappa shape index (κ3) is 6.05. The van der Waals surface area contributed by atoms with Gasteiger partial charge in [-0.15, -0.1) is 0 Å². The standard InChI is InChI=1S/C25H26BrN3OS/c26-20-9-6-7-18(15-20)17-30-24-14-13-19-8-4-5-12-22(19)23(24)16-27-29-25(31)28-21-10-2-1-3-11-21/h4-9,12-16,21H,1-3,10-11,17H2,(H2,28,29,31)/b27-16-. The van der Waals surface area contributed by atoms with E-state index in [1.165, 1.54) is 32.1 Å². The van der Waals surface area contributed by atoms with Gasteiger partial charge < -0.3 is 10.1 Å². The van der Waals surface area contributed by atoms with E-state index in [1.54, 1.807) is 6.21 Å². The van der Waals surface area contributed by atoms with Crippen LogP contribution in [0.25, 0.3) is 10.8 Å². The molecule has 0 bridgehead atoms. The van der Waals surface area contributed by atoms with E-state index in [9.17, 15) is 0 Å². The zero-order chi connectivity index (χ0) is 21.5. The van der Waals surface area contributed by atoms with Gasteiger partial charge in [0.15, 0.2) is 5.11 Å². The van der Waals surface area contributed by atoms with Gasteiger partial charge in [-0.3, -0.25) is 5.43 Å². The molecular weight excluding hydrogens is 470 g/mol. The third-order valence-corrected chi connectivity index (χ3v) is 6.22. The quantitative estimate of drug-likeness (QED) is 0.239. The van der Waals surface area contributed by atoms with Crippen LogP contribution < -0.4 is 15.5 Å². The first-order valence-corrected chi connectivity index (χ1v) is 11.9. The minimum Gasteiger partial charge on any atom is -0.488 e. The molecule has 0 spiro atoms. The molecule has 4 nitrogen and oxygen atoms in total. The molecule has 1 aliphatic rings. The number of hydrazone groups is 1. The average molecular weight is 496 g/mol. The van der Waals surface area contributed by atoms with E-state index in [2.05, 4.69) is 62.1 Å². The van der Waals surface area contributed by atoms with E-state index in [0.717, 1.165) is 32.1 Å². The summed E-state index contributed by atoms with van der Waals surface area (Å²) in [4.78, 5) is 0. The van der Waals surface area contributed by atoms with Gasteiger partial charge >= 0.3 is 0 Å². The number of nitrogens with zero attached hydrogens (tertiary/aromatic N) is 1. The topological polar surface area (TPSA) is 45.7 Å². The summed E-state index contributed by atoms with van der Waals surface area (Å²) in [5.41, 5.74) is 5.01. The number of benzene rings is 3. The highest BCUT2D eigenvalue weighted by Crippen LogP contribution is 2.27. The number of thiocarbonyl (C=S) groups is 1. The Labute approximate surface area is 197 Å². The summed E-state index contributed by atoms with van der Waals surface area (Å²) in [6, 6.07) is 20.9. The highest BCUT2D eigenvalue weighted by Gasteiger charge is 2.13. The molecule has 0 aromatic heterocycles. The van der Waals surface area contributed by atoms with Gasteiger partial charge in [0.25, 0.3) is 0 Å². The molecule has 3 aromatic rings. The number of rotatable bonds is 6. The fourth-order valence-electron chi connectivity index (χ4n) is 3.94. The molecule has 1 aliphatic carbocycles. The molecule has 6 heteroatoms. The Hall–Kier alpha value is -2.44. The van der Waals surface area contributed by atoms with Crippen LogP contribution in [0, 0.1) is 0 Å². The van der Waals surface area contributed by atoms with Crippen molar-refractivity contribution < 1.29 is 4.74 Å². The Kier molecular flexibility index (Phi) is 7.54. The molecule has 160 valence electrons. The predicted octanol–water partition coefficient (Wildman–Crippen LogP) is 6.31. The van der Waals surface area contributed by atoms with Gasteiger partial charge in [-0.2, -0.15) is 5.10 Å². The number of fused-ring (bicyclic) bond motifs is 1. The summed E-state index contributed by atoms with van der Waals surface area (Å²) in [7, 11) is 0. The van der Waals surface area contributed by atoms with Crippen molar-refractivity contribution in [1.82, 2.24) is 10.7 Å². The summed E-state index contributed by atoms with van der Waals surface area (Å²) in [5, 5.41) is 10.6. The molecule has 31 heavy (non-hydrogen) atoms. The Morgan fingerprint density at radius 1 is 1.06 bits per heavy atom. The molecule has 2 N–H and O–H groups in total. The zero-order valence-electron chi connectivity index (χ0n) is 17.3. The van der Waals surface area contributed by atoms with Crippen molar-refractivity contribution in [2.45, 2.75) is 44.8 Å². The number of hydrogen-bond acceptors (Lipinski definition) is 3. The molecule has 0 aliphatic heterocycles. The molecule has 4 rings (SSSR count). The molecule has 0 unspecified atom stereocenters. The van der Waals surface area contributed by atoms with Crippen LogP contribution in [0.5, 0.6) is 5.75 Å². The lowest BCUT2D eigenvalue weighted by Gasteiger charge is -2.23. The van der Waals surface area contributed by atoms with Crippen molar-refractivity contribution in [1.29, 1.82) is 0 Å². The van der Waals surface area contributed by atoms with Gasteiger partial charge in [-0.1, -0.05) is 77.7 Å². The normalized spacial score (nSPS) is 14.6. The summed E-state index contributed by atoms with van der Waals surface area (Å²) in [6.45, 7) is 0.480. The van der Waals surface area contributed by atoms with Gasteiger partial charge in [0.1, 0.15) is 12.4 Å². The average Bonchev–Trinajstić information content (AvgIpc) is 2.79. The minimum atomic E-state index is 0.450. The van der Waals surface area contributed by atoms with Gasteiger partial charge in [-0.25, -0.2) is 0 Å². The lowest BCUT2D eigenvalue weighted by atomic mass is 9.96. The maximum atomic E-state index is 6.18. The molecular formula is C25H26BrN3OS. The van der Waals surface area contributed by atoms with E-state index in [4.69, 9.17) is 17.0 Å². The number of hydrogen-bond donors (Lipinski definition) is 2. The summed E-state index contributed by atoms with van der Waals surface area (Å²) in [6.07, 6.45) is 7.98. The van der Waals surface area contributed by atoms with Gasteiger partial charge in [0.2, 0.25) is 0 Å². The van der Waals surface area contributed by atoms with Crippen LogP contribution in [0.3, 0.4) is 0 Å². The number of halogens is 1. The van der Waals surface area contributed by atoms with Crippen molar-refractivity contribution in [3.63, 3.8) is 0 Å². The molecule has 0 radical (unpaired) electrons. The van der Waals surface area contributed by atoms with Crippen molar-refractivity contribution in [3.8, 4) is 5.75 Å². The van der Waals surface area contributed by atoms with E-state index in [-0.39, 0.29) is 0 Å². The zero-order valence-corrected chi connectivity index (χ0v) is 19.7. The van der Waals surface area contributed by atoms with Crippen LogP contribution in [-0.2, 0) is 6.61 Å². The summed E-state index contributed by atoms with van der Waals surface area (Å²) < 4.78 is 7.22. The van der Waals surface area contributed by atoms with E-state index in [1.807, 2.05) is 30.3 Å².